The summed E-state index contributed by atoms with van der Waals surface area (Å²) >= 11 is 0. The van der Waals surface area contributed by atoms with Crippen LogP contribution in [-0.4, -0.2) is 17.1 Å². The Morgan fingerprint density at radius 1 is 1.22 bits per heavy atom. The molecule has 0 N–H and O–H groups in total. The lowest BCUT2D eigenvalue weighted by molar-refractivity contribution is 0.0842. The average Bonchev–Trinajstić information content (AvgIpc) is 2.94. The van der Waals surface area contributed by atoms with Crippen LogP contribution in [0.25, 0.3) is 10.9 Å². The fourth-order valence-corrected chi connectivity index (χ4v) is 2.55. The maximum absolute atomic E-state index is 12.5. The number of para-hydroxylation sites is 1. The molecule has 0 fully saturated rings. The van der Waals surface area contributed by atoms with Crippen molar-refractivity contribution in [2.24, 2.45) is 0 Å². The number of hydrogen-bond acceptors (Lipinski definition) is 3. The summed E-state index contributed by atoms with van der Waals surface area (Å²) < 4.78 is 7.16. The van der Waals surface area contributed by atoms with E-state index < -0.39 is 0 Å². The smallest absolute Gasteiger partial charge is 0.269 e. The van der Waals surface area contributed by atoms with Gasteiger partial charge in [0.1, 0.15) is 11.8 Å². The number of aryl methyl sites for hydroxylation is 2. The normalized spacial score (nSPS) is 10.5. The zero-order valence-electron chi connectivity index (χ0n) is 13.0. The molecule has 0 saturated carbocycles. The van der Waals surface area contributed by atoms with Gasteiger partial charge in [-0.15, -0.1) is 0 Å². The van der Waals surface area contributed by atoms with Crippen LogP contribution in [0, 0.1) is 25.2 Å². The Labute approximate surface area is 134 Å². The van der Waals surface area contributed by atoms with E-state index in [2.05, 4.69) is 6.07 Å². The maximum atomic E-state index is 12.5. The second-order valence-electron chi connectivity index (χ2n) is 5.49. The van der Waals surface area contributed by atoms with Gasteiger partial charge in [0.25, 0.3) is 5.91 Å². The first kappa shape index (κ1) is 14.9. The second-order valence-corrected chi connectivity index (χ2v) is 5.49. The fourth-order valence-electron chi connectivity index (χ4n) is 2.55. The van der Waals surface area contributed by atoms with Gasteiger partial charge in [-0.3, -0.25) is 9.36 Å². The standard InChI is InChI=1S/C19H16N2O2/c1-13-7-8-14(2)18(9-13)23-12-19(22)21-11-15(10-20)16-5-3-4-6-17(16)21/h3-9,11H,12H2,1-2H3. The zero-order valence-corrected chi connectivity index (χ0v) is 13.0. The van der Waals surface area contributed by atoms with E-state index in [4.69, 9.17) is 4.74 Å². The summed E-state index contributed by atoms with van der Waals surface area (Å²) in [6.07, 6.45) is 1.57. The van der Waals surface area contributed by atoms with Gasteiger partial charge in [-0.25, -0.2) is 0 Å². The fraction of sp³-hybridized carbons (Fsp3) is 0.158. The summed E-state index contributed by atoms with van der Waals surface area (Å²) in [5.41, 5.74) is 3.27. The molecule has 1 aromatic heterocycles. The van der Waals surface area contributed by atoms with E-state index in [1.54, 1.807) is 6.20 Å². The molecule has 1 heterocycles. The van der Waals surface area contributed by atoms with Gasteiger partial charge in [0, 0.05) is 11.6 Å². The number of nitrogens with zero attached hydrogens (tertiary/aromatic N) is 2. The Hall–Kier alpha value is -3.06. The third kappa shape index (κ3) is 2.82. The van der Waals surface area contributed by atoms with Gasteiger partial charge in [0.15, 0.2) is 6.61 Å². The molecule has 0 bridgehead atoms. The van der Waals surface area contributed by atoms with Crippen molar-refractivity contribution < 1.29 is 9.53 Å². The van der Waals surface area contributed by atoms with E-state index in [-0.39, 0.29) is 12.5 Å². The SMILES string of the molecule is Cc1ccc(C)c(OCC(=O)n2cc(C#N)c3ccccc32)c1. The van der Waals surface area contributed by atoms with Crippen LogP contribution < -0.4 is 4.74 Å². The van der Waals surface area contributed by atoms with E-state index in [0.29, 0.717) is 11.3 Å². The molecular weight excluding hydrogens is 288 g/mol. The molecule has 0 atom stereocenters. The summed E-state index contributed by atoms with van der Waals surface area (Å²) in [4.78, 5) is 12.5. The van der Waals surface area contributed by atoms with Crippen molar-refractivity contribution in [2.45, 2.75) is 13.8 Å². The van der Waals surface area contributed by atoms with Crippen LogP contribution in [0.2, 0.25) is 0 Å². The van der Waals surface area contributed by atoms with Crippen molar-refractivity contribution in [3.8, 4) is 11.8 Å². The Bertz CT molecular complexity index is 932. The van der Waals surface area contributed by atoms with Crippen molar-refractivity contribution in [2.75, 3.05) is 6.61 Å². The number of carbonyl (C=O) groups excluding carboxylic acids is 1. The Morgan fingerprint density at radius 3 is 2.78 bits per heavy atom. The van der Waals surface area contributed by atoms with Crippen LogP contribution in [0.4, 0.5) is 0 Å². The molecule has 3 aromatic rings. The minimum absolute atomic E-state index is 0.0756. The number of aromatic nitrogens is 1. The third-order valence-electron chi connectivity index (χ3n) is 3.80. The molecule has 4 heteroatoms. The van der Waals surface area contributed by atoms with Crippen molar-refractivity contribution in [3.05, 3.63) is 65.4 Å². The minimum atomic E-state index is -0.205. The van der Waals surface area contributed by atoms with Crippen LogP contribution in [0.1, 0.15) is 21.5 Å². The molecule has 0 aliphatic heterocycles. The molecule has 4 nitrogen and oxygen atoms in total. The van der Waals surface area contributed by atoms with Gasteiger partial charge in [-0.2, -0.15) is 5.26 Å². The van der Waals surface area contributed by atoms with Gasteiger partial charge in [0.2, 0.25) is 0 Å². The number of carbonyl (C=O) groups is 1. The Kier molecular flexibility index (Phi) is 3.86. The maximum Gasteiger partial charge on any atom is 0.269 e. The quantitative estimate of drug-likeness (QED) is 0.738. The highest BCUT2D eigenvalue weighted by atomic mass is 16.5. The molecule has 0 unspecified atom stereocenters. The van der Waals surface area contributed by atoms with E-state index in [1.165, 1.54) is 4.57 Å². The average molecular weight is 304 g/mol. The van der Waals surface area contributed by atoms with Gasteiger partial charge >= 0.3 is 0 Å². The predicted molar refractivity (Wildman–Crippen MR) is 88.7 cm³/mol. The summed E-state index contributed by atoms with van der Waals surface area (Å²) in [6.45, 7) is 3.85. The van der Waals surface area contributed by atoms with Gasteiger partial charge in [-0.1, -0.05) is 30.3 Å². The highest BCUT2D eigenvalue weighted by molar-refractivity contribution is 5.96. The van der Waals surface area contributed by atoms with E-state index in [0.717, 1.165) is 22.0 Å². The molecular formula is C19H16N2O2. The van der Waals surface area contributed by atoms with Gasteiger partial charge in [-0.05, 0) is 37.1 Å². The highest BCUT2D eigenvalue weighted by Crippen LogP contribution is 2.22. The molecule has 0 radical (unpaired) electrons. The van der Waals surface area contributed by atoms with Gasteiger partial charge in [0.05, 0.1) is 11.1 Å². The first-order valence-electron chi connectivity index (χ1n) is 7.33. The molecule has 0 aliphatic carbocycles. The number of ether oxygens (including phenoxy) is 1. The Morgan fingerprint density at radius 2 is 2.00 bits per heavy atom. The van der Waals surface area contributed by atoms with Crippen molar-refractivity contribution in [3.63, 3.8) is 0 Å². The molecule has 0 aliphatic rings. The molecule has 3 rings (SSSR count). The minimum Gasteiger partial charge on any atom is -0.483 e. The number of rotatable bonds is 3. The summed E-state index contributed by atoms with van der Waals surface area (Å²) in [7, 11) is 0. The van der Waals surface area contributed by atoms with Crippen LogP contribution in [0.3, 0.4) is 0 Å². The lowest BCUT2D eigenvalue weighted by Crippen LogP contribution is -2.18. The number of fused-ring (bicyclic) bond motifs is 1. The summed E-state index contributed by atoms with van der Waals surface area (Å²) in [5.74, 6) is 0.499. The van der Waals surface area contributed by atoms with Crippen molar-refractivity contribution in [1.82, 2.24) is 4.57 Å². The zero-order chi connectivity index (χ0) is 16.4. The van der Waals surface area contributed by atoms with Crippen LogP contribution in [0.5, 0.6) is 5.75 Å². The lowest BCUT2D eigenvalue weighted by Gasteiger charge is -2.10. The van der Waals surface area contributed by atoms with Gasteiger partial charge < -0.3 is 4.74 Å². The summed E-state index contributed by atoms with van der Waals surface area (Å²) in [5, 5.41) is 9.97. The number of nitriles is 1. The summed E-state index contributed by atoms with van der Waals surface area (Å²) in [6, 6.07) is 15.4. The second kappa shape index (κ2) is 5.98. The predicted octanol–water partition coefficient (Wildman–Crippen LogP) is 3.85. The van der Waals surface area contributed by atoms with E-state index in [9.17, 15) is 10.1 Å². The number of hydrogen-bond donors (Lipinski definition) is 0. The largest absolute Gasteiger partial charge is 0.483 e. The Balaban J connectivity index is 1.87. The van der Waals surface area contributed by atoms with Crippen LogP contribution >= 0.6 is 0 Å². The molecule has 0 spiro atoms. The van der Waals surface area contributed by atoms with Crippen LogP contribution in [-0.2, 0) is 0 Å². The topological polar surface area (TPSA) is 55.0 Å². The van der Waals surface area contributed by atoms with Crippen molar-refractivity contribution in [1.29, 1.82) is 5.26 Å². The first-order chi connectivity index (χ1) is 11.1. The monoisotopic (exact) mass is 304 g/mol. The van der Waals surface area contributed by atoms with E-state index >= 15 is 0 Å². The highest BCUT2D eigenvalue weighted by Gasteiger charge is 2.14. The van der Waals surface area contributed by atoms with Crippen LogP contribution in [0.15, 0.2) is 48.7 Å². The van der Waals surface area contributed by atoms with E-state index in [1.807, 2.05) is 56.3 Å². The molecule has 0 saturated heterocycles. The lowest BCUT2D eigenvalue weighted by atomic mass is 10.1. The van der Waals surface area contributed by atoms with Crippen molar-refractivity contribution >= 4 is 16.8 Å². The first-order valence-corrected chi connectivity index (χ1v) is 7.33. The third-order valence-corrected chi connectivity index (χ3v) is 3.80. The molecule has 23 heavy (non-hydrogen) atoms. The number of benzene rings is 2. The molecule has 2 aromatic carbocycles. The molecule has 114 valence electrons. The molecule has 0 amide bonds.